The van der Waals surface area contributed by atoms with Crippen LogP contribution in [0, 0.1) is 5.92 Å². The first kappa shape index (κ1) is 17.5. The molecule has 0 bridgehead atoms. The number of carbonyl (C=O) groups excluding carboxylic acids is 1. The highest BCUT2D eigenvalue weighted by Crippen LogP contribution is 2.23. The summed E-state index contributed by atoms with van der Waals surface area (Å²) in [7, 11) is 0. The van der Waals surface area contributed by atoms with Gasteiger partial charge in [0.05, 0.1) is 19.1 Å². The summed E-state index contributed by atoms with van der Waals surface area (Å²) in [5.41, 5.74) is 7.90. The number of carbonyl (C=O) groups is 1. The minimum atomic E-state index is -0.342. The Bertz CT molecular complexity index is 682. The van der Waals surface area contributed by atoms with Gasteiger partial charge in [-0.1, -0.05) is 37.3 Å². The minimum absolute atomic E-state index is 0.103. The van der Waals surface area contributed by atoms with Gasteiger partial charge >= 0.3 is 0 Å². The Kier molecular flexibility index (Phi) is 5.68. The summed E-state index contributed by atoms with van der Waals surface area (Å²) < 4.78 is 11.1. The maximum absolute atomic E-state index is 12.5. The van der Waals surface area contributed by atoms with Gasteiger partial charge in [-0.3, -0.25) is 4.79 Å². The molecule has 1 amide bonds. The van der Waals surface area contributed by atoms with Crippen molar-refractivity contribution in [3.63, 3.8) is 0 Å². The molecule has 1 heterocycles. The average molecular weight is 340 g/mol. The maximum atomic E-state index is 12.5. The number of hydrogen-bond donors (Lipinski definition) is 2. The Labute approximate surface area is 148 Å². The molecule has 0 saturated carbocycles. The van der Waals surface area contributed by atoms with Crippen LogP contribution in [0.15, 0.2) is 54.6 Å². The van der Waals surface area contributed by atoms with Crippen LogP contribution in [0.2, 0.25) is 0 Å². The fourth-order valence-corrected chi connectivity index (χ4v) is 2.80. The Morgan fingerprint density at radius 3 is 2.56 bits per heavy atom. The predicted molar refractivity (Wildman–Crippen MR) is 97.5 cm³/mol. The third-order valence-electron chi connectivity index (χ3n) is 4.45. The molecule has 1 aliphatic heterocycles. The number of hydrogen-bond acceptors (Lipinski definition) is 4. The lowest BCUT2D eigenvalue weighted by Crippen LogP contribution is -2.30. The van der Waals surface area contributed by atoms with Crippen LogP contribution in [-0.2, 0) is 9.53 Å². The molecule has 2 aromatic rings. The minimum Gasteiger partial charge on any atom is -0.488 e. The quantitative estimate of drug-likeness (QED) is 0.847. The largest absolute Gasteiger partial charge is 0.488 e. The SMILES string of the molecule is CC(C(=O)Nc1ccc(OC2CCOC2)cc1)C(N)c1ccccc1. The molecule has 5 nitrogen and oxygen atoms in total. The van der Waals surface area contributed by atoms with Gasteiger partial charge in [0.25, 0.3) is 0 Å². The molecule has 2 aromatic carbocycles. The molecule has 3 N–H and O–H groups in total. The van der Waals surface area contributed by atoms with Crippen LogP contribution in [0.3, 0.4) is 0 Å². The molecule has 3 rings (SSSR count). The smallest absolute Gasteiger partial charge is 0.229 e. The van der Waals surface area contributed by atoms with E-state index in [4.69, 9.17) is 15.2 Å². The summed E-state index contributed by atoms with van der Waals surface area (Å²) in [4.78, 5) is 12.5. The highest BCUT2D eigenvalue weighted by molar-refractivity contribution is 5.92. The van der Waals surface area contributed by atoms with Crippen LogP contribution in [0.1, 0.15) is 24.9 Å². The molecular formula is C20H24N2O3. The third-order valence-corrected chi connectivity index (χ3v) is 4.45. The van der Waals surface area contributed by atoms with Gasteiger partial charge in [-0.15, -0.1) is 0 Å². The number of rotatable bonds is 6. The lowest BCUT2D eigenvalue weighted by molar-refractivity contribution is -0.120. The molecule has 0 radical (unpaired) electrons. The third kappa shape index (κ3) is 4.59. The van der Waals surface area contributed by atoms with Crippen molar-refractivity contribution in [2.24, 2.45) is 11.7 Å². The van der Waals surface area contributed by atoms with Gasteiger partial charge in [0.1, 0.15) is 11.9 Å². The summed E-state index contributed by atoms with van der Waals surface area (Å²) in [6.07, 6.45) is 1.03. The molecular weight excluding hydrogens is 316 g/mol. The van der Waals surface area contributed by atoms with Crippen LogP contribution < -0.4 is 15.8 Å². The van der Waals surface area contributed by atoms with E-state index in [0.717, 1.165) is 30.0 Å². The van der Waals surface area contributed by atoms with E-state index in [0.29, 0.717) is 6.61 Å². The van der Waals surface area contributed by atoms with Crippen LogP contribution in [0.4, 0.5) is 5.69 Å². The standard InChI is InChI=1S/C20H24N2O3/c1-14(19(21)15-5-3-2-4-6-15)20(23)22-16-7-9-17(10-8-16)25-18-11-12-24-13-18/h2-10,14,18-19H,11-13,21H2,1H3,(H,22,23). The predicted octanol–water partition coefficient (Wildman–Crippen LogP) is 3.13. The van der Waals surface area contributed by atoms with E-state index in [1.165, 1.54) is 0 Å². The summed E-state index contributed by atoms with van der Waals surface area (Å²) >= 11 is 0. The van der Waals surface area contributed by atoms with Crippen molar-refractivity contribution in [3.05, 3.63) is 60.2 Å². The van der Waals surface area contributed by atoms with Gasteiger partial charge in [-0.2, -0.15) is 0 Å². The Morgan fingerprint density at radius 2 is 1.92 bits per heavy atom. The van der Waals surface area contributed by atoms with Gasteiger partial charge < -0.3 is 20.5 Å². The summed E-state index contributed by atoms with van der Waals surface area (Å²) in [5, 5.41) is 2.91. The molecule has 3 atom stereocenters. The van der Waals surface area contributed by atoms with Crippen molar-refractivity contribution in [2.75, 3.05) is 18.5 Å². The van der Waals surface area contributed by atoms with E-state index in [1.807, 2.05) is 61.5 Å². The van der Waals surface area contributed by atoms with Crippen molar-refractivity contribution >= 4 is 11.6 Å². The van der Waals surface area contributed by atoms with E-state index >= 15 is 0 Å². The molecule has 5 heteroatoms. The molecule has 25 heavy (non-hydrogen) atoms. The van der Waals surface area contributed by atoms with E-state index < -0.39 is 0 Å². The molecule has 1 saturated heterocycles. The van der Waals surface area contributed by atoms with Crippen molar-refractivity contribution in [2.45, 2.75) is 25.5 Å². The highest BCUT2D eigenvalue weighted by atomic mass is 16.5. The van der Waals surface area contributed by atoms with Gasteiger partial charge in [0.2, 0.25) is 5.91 Å². The first-order valence-electron chi connectivity index (χ1n) is 8.59. The molecule has 132 valence electrons. The van der Waals surface area contributed by atoms with E-state index in [9.17, 15) is 4.79 Å². The second-order valence-corrected chi connectivity index (χ2v) is 6.34. The van der Waals surface area contributed by atoms with Crippen molar-refractivity contribution in [1.29, 1.82) is 0 Å². The lowest BCUT2D eigenvalue weighted by Gasteiger charge is -2.20. The molecule has 0 spiro atoms. The molecule has 3 unspecified atom stereocenters. The topological polar surface area (TPSA) is 73.6 Å². The fourth-order valence-electron chi connectivity index (χ4n) is 2.80. The van der Waals surface area contributed by atoms with Gasteiger partial charge in [0, 0.05) is 18.2 Å². The molecule has 1 aliphatic rings. The number of amides is 1. The van der Waals surface area contributed by atoms with Crippen LogP contribution in [0.25, 0.3) is 0 Å². The normalized spacial score (nSPS) is 19.2. The number of nitrogens with two attached hydrogens (primary N) is 1. The molecule has 0 aliphatic carbocycles. The zero-order chi connectivity index (χ0) is 17.6. The van der Waals surface area contributed by atoms with Crippen molar-refractivity contribution in [1.82, 2.24) is 0 Å². The zero-order valence-electron chi connectivity index (χ0n) is 14.4. The second kappa shape index (κ2) is 8.14. The number of nitrogens with one attached hydrogen (secondary N) is 1. The van der Waals surface area contributed by atoms with E-state index in [-0.39, 0.29) is 24.0 Å². The van der Waals surface area contributed by atoms with Crippen molar-refractivity contribution < 1.29 is 14.3 Å². The number of benzene rings is 2. The summed E-state index contributed by atoms with van der Waals surface area (Å²) in [5.74, 6) is 0.339. The van der Waals surface area contributed by atoms with Crippen LogP contribution in [0.5, 0.6) is 5.75 Å². The van der Waals surface area contributed by atoms with E-state index in [2.05, 4.69) is 5.32 Å². The first-order valence-corrected chi connectivity index (χ1v) is 8.59. The lowest BCUT2D eigenvalue weighted by atomic mass is 9.94. The van der Waals surface area contributed by atoms with Gasteiger partial charge in [-0.05, 0) is 29.8 Å². The summed E-state index contributed by atoms with van der Waals surface area (Å²) in [6.45, 7) is 3.22. The summed E-state index contributed by atoms with van der Waals surface area (Å²) in [6, 6.07) is 16.7. The highest BCUT2D eigenvalue weighted by Gasteiger charge is 2.22. The molecule has 0 aromatic heterocycles. The number of anilines is 1. The fraction of sp³-hybridized carbons (Fsp3) is 0.350. The maximum Gasteiger partial charge on any atom is 0.229 e. The average Bonchev–Trinajstić information content (AvgIpc) is 3.16. The van der Waals surface area contributed by atoms with Gasteiger partial charge in [-0.25, -0.2) is 0 Å². The molecule has 1 fully saturated rings. The Morgan fingerprint density at radius 1 is 1.20 bits per heavy atom. The second-order valence-electron chi connectivity index (χ2n) is 6.34. The van der Waals surface area contributed by atoms with Crippen LogP contribution in [-0.4, -0.2) is 25.2 Å². The van der Waals surface area contributed by atoms with E-state index in [1.54, 1.807) is 0 Å². The number of ether oxygens (including phenoxy) is 2. The Hall–Kier alpha value is -2.37. The Balaban J connectivity index is 1.56. The van der Waals surface area contributed by atoms with Crippen LogP contribution >= 0.6 is 0 Å². The monoisotopic (exact) mass is 340 g/mol. The van der Waals surface area contributed by atoms with Gasteiger partial charge in [0.15, 0.2) is 0 Å². The van der Waals surface area contributed by atoms with Crippen molar-refractivity contribution in [3.8, 4) is 5.75 Å². The zero-order valence-corrected chi connectivity index (χ0v) is 14.4. The first-order chi connectivity index (χ1) is 12.1.